The third-order valence-electron chi connectivity index (χ3n) is 5.81. The fraction of sp³-hybridized carbons (Fsp3) is 0.571. The van der Waals surface area contributed by atoms with Crippen LogP contribution in [0.4, 0.5) is 0 Å². The van der Waals surface area contributed by atoms with E-state index in [0.29, 0.717) is 31.2 Å². The summed E-state index contributed by atoms with van der Waals surface area (Å²) < 4.78 is 0. The first-order valence-corrected chi connectivity index (χ1v) is 10.2. The number of rotatable bonds is 2. The predicted octanol–water partition coefficient (Wildman–Crippen LogP) is 2.38. The zero-order valence-electron chi connectivity index (χ0n) is 17.5. The van der Waals surface area contributed by atoms with Gasteiger partial charge in [0.05, 0.1) is 11.7 Å². The number of aromatic amines is 1. The molecule has 1 fully saturated rings. The molecule has 2 amide bonds. The van der Waals surface area contributed by atoms with Crippen LogP contribution in [0, 0.1) is 0 Å². The normalized spacial score (nSPS) is 19.4. The van der Waals surface area contributed by atoms with Gasteiger partial charge in [-0.2, -0.15) is 5.10 Å². The molecule has 0 aliphatic carbocycles. The van der Waals surface area contributed by atoms with Crippen molar-refractivity contribution >= 4 is 11.8 Å². The van der Waals surface area contributed by atoms with Crippen LogP contribution in [0.1, 0.15) is 79.8 Å². The summed E-state index contributed by atoms with van der Waals surface area (Å²) in [6.07, 6.45) is 4.31. The lowest BCUT2D eigenvalue weighted by Gasteiger charge is -2.28. The van der Waals surface area contributed by atoms with E-state index in [-0.39, 0.29) is 23.3 Å². The molecule has 1 saturated heterocycles. The Balaban J connectivity index is 1.55. The minimum atomic E-state index is -0.131. The number of hydrogen-bond acceptors (Lipinski definition) is 5. The molecule has 0 saturated carbocycles. The third-order valence-corrected chi connectivity index (χ3v) is 5.81. The maximum Gasteiger partial charge on any atom is 0.274 e. The second-order valence-corrected chi connectivity index (χ2v) is 8.96. The van der Waals surface area contributed by atoms with Crippen LogP contribution in [0.2, 0.25) is 0 Å². The second-order valence-electron chi connectivity index (χ2n) is 8.96. The van der Waals surface area contributed by atoms with Gasteiger partial charge in [-0.25, -0.2) is 9.97 Å². The zero-order valence-corrected chi connectivity index (χ0v) is 17.5. The Hall–Kier alpha value is -2.77. The van der Waals surface area contributed by atoms with Crippen molar-refractivity contribution in [3.63, 3.8) is 0 Å². The number of carbonyl (C=O) groups is 2. The van der Waals surface area contributed by atoms with Crippen molar-refractivity contribution in [2.45, 2.75) is 65.0 Å². The maximum atomic E-state index is 13.1. The molecule has 2 aromatic rings. The molecule has 8 nitrogen and oxygen atoms in total. The van der Waals surface area contributed by atoms with Gasteiger partial charge in [-0.1, -0.05) is 20.8 Å². The summed E-state index contributed by atoms with van der Waals surface area (Å²) in [5.41, 5.74) is 3.27. The lowest BCUT2D eigenvalue weighted by molar-refractivity contribution is -0.129. The van der Waals surface area contributed by atoms with Gasteiger partial charge in [-0.3, -0.25) is 14.7 Å². The minimum Gasteiger partial charge on any atom is -0.338 e. The van der Waals surface area contributed by atoms with Gasteiger partial charge in [0.1, 0.15) is 5.69 Å². The Bertz CT molecular complexity index is 945. The van der Waals surface area contributed by atoms with E-state index in [1.165, 1.54) is 0 Å². The molecule has 4 heterocycles. The first kappa shape index (κ1) is 19.5. The van der Waals surface area contributed by atoms with Crippen molar-refractivity contribution in [2.24, 2.45) is 0 Å². The number of nitrogens with zero attached hydrogens (tertiary/aromatic N) is 5. The van der Waals surface area contributed by atoms with Gasteiger partial charge in [-0.15, -0.1) is 0 Å². The van der Waals surface area contributed by atoms with Gasteiger partial charge in [0.2, 0.25) is 5.91 Å². The van der Waals surface area contributed by atoms with E-state index in [1.807, 2.05) is 17.2 Å². The molecule has 8 heteroatoms. The molecule has 0 unspecified atom stereocenters. The topological polar surface area (TPSA) is 95.1 Å². The van der Waals surface area contributed by atoms with Crippen molar-refractivity contribution in [2.75, 3.05) is 13.1 Å². The van der Waals surface area contributed by atoms with E-state index in [9.17, 15) is 9.59 Å². The van der Waals surface area contributed by atoms with E-state index < -0.39 is 0 Å². The largest absolute Gasteiger partial charge is 0.338 e. The van der Waals surface area contributed by atoms with E-state index >= 15 is 0 Å². The molecule has 0 bridgehead atoms. The van der Waals surface area contributed by atoms with Crippen LogP contribution in [0.15, 0.2) is 12.3 Å². The summed E-state index contributed by atoms with van der Waals surface area (Å²) in [5, 5.41) is 7.25. The van der Waals surface area contributed by atoms with Crippen molar-refractivity contribution in [3.05, 3.63) is 40.7 Å². The van der Waals surface area contributed by atoms with Gasteiger partial charge in [-0.05, 0) is 18.9 Å². The number of aromatic nitrogens is 4. The minimum absolute atomic E-state index is 0.0703. The van der Waals surface area contributed by atoms with Crippen molar-refractivity contribution in [1.29, 1.82) is 0 Å². The number of amides is 2. The average molecular weight is 396 g/mol. The van der Waals surface area contributed by atoms with Crippen LogP contribution in [-0.4, -0.2) is 54.9 Å². The lowest BCUT2D eigenvalue weighted by Crippen LogP contribution is -2.36. The van der Waals surface area contributed by atoms with Gasteiger partial charge >= 0.3 is 0 Å². The SMILES string of the molecule is CC(=O)N1CCc2nc([C@H]3CCCN3C(=O)c3cc(C(C)(C)C)[nH]n3)ncc2C1. The summed E-state index contributed by atoms with van der Waals surface area (Å²) in [7, 11) is 0. The standard InChI is InChI=1S/C21H28N6O2/c1-13(28)26-9-7-15-14(12-26)11-22-19(23-15)17-6-5-8-27(17)20(29)16-10-18(25-24-16)21(2,3)4/h10-11,17H,5-9,12H2,1-4H3,(H,24,25)/t17-/m1/s1. The van der Waals surface area contributed by atoms with Crippen LogP contribution in [0.25, 0.3) is 0 Å². The van der Waals surface area contributed by atoms with Gasteiger partial charge in [0.15, 0.2) is 5.82 Å². The molecule has 0 radical (unpaired) electrons. The number of hydrogen-bond donors (Lipinski definition) is 1. The highest BCUT2D eigenvalue weighted by molar-refractivity contribution is 5.92. The van der Waals surface area contributed by atoms with Crippen LogP contribution in [0.3, 0.4) is 0 Å². The van der Waals surface area contributed by atoms with E-state index in [4.69, 9.17) is 4.98 Å². The number of carbonyl (C=O) groups excluding carboxylic acids is 2. The number of fused-ring (bicyclic) bond motifs is 1. The molecule has 2 aromatic heterocycles. The summed E-state index contributed by atoms with van der Waals surface area (Å²) >= 11 is 0. The Morgan fingerprint density at radius 3 is 2.72 bits per heavy atom. The predicted molar refractivity (Wildman–Crippen MR) is 107 cm³/mol. The average Bonchev–Trinajstić information content (AvgIpc) is 3.36. The van der Waals surface area contributed by atoms with Gasteiger partial charge in [0, 0.05) is 55.8 Å². The third kappa shape index (κ3) is 3.75. The first-order valence-electron chi connectivity index (χ1n) is 10.2. The molecule has 2 aliphatic heterocycles. The smallest absolute Gasteiger partial charge is 0.274 e. The Kier molecular flexibility index (Phi) is 4.88. The molecule has 29 heavy (non-hydrogen) atoms. The molecule has 0 spiro atoms. The Labute approximate surface area is 170 Å². The van der Waals surface area contributed by atoms with Crippen molar-refractivity contribution in [1.82, 2.24) is 30.0 Å². The lowest BCUT2D eigenvalue weighted by atomic mass is 9.92. The molecule has 1 atom stereocenters. The van der Waals surface area contributed by atoms with E-state index in [2.05, 4.69) is 36.0 Å². The molecule has 4 rings (SSSR count). The molecule has 1 N–H and O–H groups in total. The van der Waals surface area contributed by atoms with Crippen LogP contribution in [-0.2, 0) is 23.2 Å². The quantitative estimate of drug-likeness (QED) is 0.841. The second kappa shape index (κ2) is 7.24. The van der Waals surface area contributed by atoms with Crippen LogP contribution < -0.4 is 0 Å². The molecular weight excluding hydrogens is 368 g/mol. The number of likely N-dealkylation sites (tertiary alicyclic amines) is 1. The van der Waals surface area contributed by atoms with E-state index in [0.717, 1.165) is 36.2 Å². The van der Waals surface area contributed by atoms with Crippen LogP contribution in [0.5, 0.6) is 0 Å². The summed E-state index contributed by atoms with van der Waals surface area (Å²) in [4.78, 5) is 37.8. The Morgan fingerprint density at radius 2 is 2.03 bits per heavy atom. The molecule has 154 valence electrons. The first-order chi connectivity index (χ1) is 13.7. The highest BCUT2D eigenvalue weighted by Crippen LogP contribution is 2.32. The summed E-state index contributed by atoms with van der Waals surface area (Å²) in [6.45, 7) is 9.75. The van der Waals surface area contributed by atoms with Gasteiger partial charge < -0.3 is 9.80 Å². The van der Waals surface area contributed by atoms with Crippen molar-refractivity contribution in [3.8, 4) is 0 Å². The highest BCUT2D eigenvalue weighted by Gasteiger charge is 2.35. The molecule has 0 aromatic carbocycles. The fourth-order valence-corrected chi connectivity index (χ4v) is 4.00. The fourth-order valence-electron chi connectivity index (χ4n) is 4.00. The summed E-state index contributed by atoms with van der Waals surface area (Å²) in [6, 6.07) is 1.72. The number of H-pyrrole nitrogens is 1. The van der Waals surface area contributed by atoms with Gasteiger partial charge in [0.25, 0.3) is 5.91 Å². The highest BCUT2D eigenvalue weighted by atomic mass is 16.2. The van der Waals surface area contributed by atoms with Crippen LogP contribution >= 0.6 is 0 Å². The molecular formula is C21H28N6O2. The van der Waals surface area contributed by atoms with Crippen molar-refractivity contribution < 1.29 is 9.59 Å². The Morgan fingerprint density at radius 1 is 1.24 bits per heavy atom. The monoisotopic (exact) mass is 396 g/mol. The maximum absolute atomic E-state index is 13.1. The van der Waals surface area contributed by atoms with E-state index in [1.54, 1.807) is 11.8 Å². The summed E-state index contributed by atoms with van der Waals surface area (Å²) in [5.74, 6) is 0.682. The zero-order chi connectivity index (χ0) is 20.8. The number of nitrogens with one attached hydrogen (secondary N) is 1. The molecule has 2 aliphatic rings.